The summed E-state index contributed by atoms with van der Waals surface area (Å²) in [5, 5.41) is 2.05. The fraction of sp³-hybridized carbons (Fsp3) is 0.200. The van der Waals surface area contributed by atoms with Gasteiger partial charge in [0.1, 0.15) is 28.7 Å². The number of benzene rings is 2. The van der Waals surface area contributed by atoms with Gasteiger partial charge in [-0.05, 0) is 61.0 Å². The summed E-state index contributed by atoms with van der Waals surface area (Å²) in [7, 11) is 1.94. The van der Waals surface area contributed by atoms with Crippen molar-refractivity contribution in [1.29, 1.82) is 0 Å². The molecule has 2 aromatic heterocycles. The van der Waals surface area contributed by atoms with Crippen molar-refractivity contribution in [2.75, 3.05) is 0 Å². The number of carbonyl (C=O) groups is 2. The zero-order valence-corrected chi connectivity index (χ0v) is 19.5. The summed E-state index contributed by atoms with van der Waals surface area (Å²) >= 11 is 1.03. The van der Waals surface area contributed by atoms with Gasteiger partial charge in [0.15, 0.2) is 0 Å². The normalized spacial score (nSPS) is 17.7. The van der Waals surface area contributed by atoms with Crippen LogP contribution in [0.4, 0.5) is 4.79 Å². The van der Waals surface area contributed by atoms with Crippen LogP contribution in [0.15, 0.2) is 66.9 Å². The minimum Gasteiger partial charge on any atom is -0.486 e. The molecule has 0 saturated carbocycles. The van der Waals surface area contributed by atoms with Gasteiger partial charge >= 0.3 is 0 Å². The third-order valence-corrected chi connectivity index (χ3v) is 6.72. The molecule has 34 heavy (non-hydrogen) atoms. The summed E-state index contributed by atoms with van der Waals surface area (Å²) in [4.78, 5) is 32.4. The molecule has 3 heterocycles. The van der Waals surface area contributed by atoms with Crippen LogP contribution in [0, 0.1) is 0 Å². The van der Waals surface area contributed by atoms with Crippen LogP contribution in [0.3, 0.4) is 0 Å². The van der Waals surface area contributed by atoms with E-state index in [-0.39, 0.29) is 11.1 Å². The van der Waals surface area contributed by atoms with E-state index >= 15 is 0 Å². The smallest absolute Gasteiger partial charge is 0.286 e. The third kappa shape index (κ3) is 4.47. The number of rotatable bonds is 7. The van der Waals surface area contributed by atoms with Gasteiger partial charge in [-0.2, -0.15) is 0 Å². The Labute approximate surface area is 200 Å². The number of imidazole rings is 1. The molecule has 1 aliphatic rings. The fourth-order valence-electron chi connectivity index (χ4n) is 3.80. The molecular formula is C25H22N4O4S. The average Bonchev–Trinajstić information content (AvgIpc) is 3.27. The Bertz CT molecular complexity index is 1370. The lowest BCUT2D eigenvalue weighted by molar-refractivity contribution is -0.121. The summed E-state index contributed by atoms with van der Waals surface area (Å²) < 4.78 is 13.0. The number of hydrogen-bond donors (Lipinski definition) is 1. The molecule has 0 radical (unpaired) electrons. The van der Waals surface area contributed by atoms with Gasteiger partial charge in [-0.3, -0.25) is 14.9 Å². The molecule has 1 saturated heterocycles. The number of imide groups is 1. The highest BCUT2D eigenvalue weighted by Gasteiger charge is 2.43. The van der Waals surface area contributed by atoms with Gasteiger partial charge in [-0.15, -0.1) is 0 Å². The maximum atomic E-state index is 12.1. The van der Waals surface area contributed by atoms with Crippen molar-refractivity contribution in [3.05, 3.63) is 78.2 Å². The summed E-state index contributed by atoms with van der Waals surface area (Å²) in [5.41, 5.74) is 2.73. The molecule has 5 rings (SSSR count). The topological polar surface area (TPSA) is 95.3 Å². The highest BCUT2D eigenvalue weighted by molar-refractivity contribution is 8.16. The molecule has 4 aromatic rings. The van der Waals surface area contributed by atoms with E-state index in [1.54, 1.807) is 19.2 Å². The van der Waals surface area contributed by atoms with Crippen LogP contribution in [0.2, 0.25) is 0 Å². The summed E-state index contributed by atoms with van der Waals surface area (Å²) in [5.74, 6) is 2.43. The van der Waals surface area contributed by atoms with Crippen LogP contribution < -0.4 is 14.8 Å². The van der Waals surface area contributed by atoms with Crippen LogP contribution in [0.25, 0.3) is 11.0 Å². The molecule has 1 N–H and O–H groups in total. The van der Waals surface area contributed by atoms with E-state index in [1.807, 2.05) is 66.2 Å². The number of fused-ring (bicyclic) bond motifs is 1. The van der Waals surface area contributed by atoms with Gasteiger partial charge < -0.3 is 14.0 Å². The number of nitrogens with zero attached hydrogens (tertiary/aromatic N) is 3. The van der Waals surface area contributed by atoms with Gasteiger partial charge in [-0.1, -0.05) is 18.2 Å². The molecule has 1 atom stereocenters. The predicted octanol–water partition coefficient (Wildman–Crippen LogP) is 4.62. The maximum Gasteiger partial charge on any atom is 0.286 e. The van der Waals surface area contributed by atoms with Crippen molar-refractivity contribution >= 4 is 33.9 Å². The van der Waals surface area contributed by atoms with Gasteiger partial charge in [0.25, 0.3) is 5.24 Å². The molecule has 9 heteroatoms. The van der Waals surface area contributed by atoms with Crippen LogP contribution in [0.1, 0.15) is 18.3 Å². The Kier molecular flexibility index (Phi) is 5.70. The quantitative estimate of drug-likeness (QED) is 0.417. The summed E-state index contributed by atoms with van der Waals surface area (Å²) in [6.45, 7) is 2.08. The highest BCUT2D eigenvalue weighted by atomic mass is 32.2. The van der Waals surface area contributed by atoms with E-state index in [2.05, 4.69) is 15.3 Å². The van der Waals surface area contributed by atoms with Gasteiger partial charge in [-0.25, -0.2) is 9.97 Å². The number of aromatic nitrogens is 3. The van der Waals surface area contributed by atoms with Gasteiger partial charge in [0.05, 0.1) is 11.0 Å². The molecule has 172 valence electrons. The maximum absolute atomic E-state index is 12.1. The first-order chi connectivity index (χ1) is 16.4. The van der Waals surface area contributed by atoms with Crippen LogP contribution >= 0.6 is 11.8 Å². The van der Waals surface area contributed by atoms with Gasteiger partial charge in [0.2, 0.25) is 11.8 Å². The lowest BCUT2D eigenvalue weighted by Crippen LogP contribution is -2.35. The zero-order valence-electron chi connectivity index (χ0n) is 18.6. The second-order valence-corrected chi connectivity index (χ2v) is 9.67. The Morgan fingerprint density at radius 1 is 1.06 bits per heavy atom. The Balaban J connectivity index is 1.25. The monoisotopic (exact) mass is 474 g/mol. The SMILES string of the molecule is Cn1c(COc2ccc(C[C@@]3(C)SC(=O)NC3=O)cc2)nc2ccc(Oc3ccccn3)cc21. The van der Waals surface area contributed by atoms with Crippen LogP contribution in [-0.4, -0.2) is 30.4 Å². The largest absolute Gasteiger partial charge is 0.486 e. The summed E-state index contributed by atoms with van der Waals surface area (Å²) in [6, 6.07) is 18.8. The zero-order chi connectivity index (χ0) is 23.7. The highest BCUT2D eigenvalue weighted by Crippen LogP contribution is 2.35. The number of aryl methyl sites for hydroxylation is 1. The molecule has 1 fully saturated rings. The fourth-order valence-corrected chi connectivity index (χ4v) is 4.73. The van der Waals surface area contributed by atoms with Crippen molar-refractivity contribution in [1.82, 2.24) is 19.9 Å². The number of ether oxygens (including phenoxy) is 2. The standard InChI is InChI=1S/C25H22N4O4S/c1-25(23(30)28-24(31)34-25)14-16-6-8-17(9-7-16)32-15-21-27-19-11-10-18(13-20(19)29(21)2)33-22-5-3-4-12-26-22/h3-13H,14-15H2,1-2H3,(H,28,30,31)/t25-/m1/s1. The van der Waals surface area contributed by atoms with E-state index in [1.165, 1.54) is 0 Å². The van der Waals surface area contributed by atoms with Crippen molar-refractivity contribution in [2.45, 2.75) is 24.7 Å². The van der Waals surface area contributed by atoms with Crippen molar-refractivity contribution in [3.8, 4) is 17.4 Å². The second kappa shape index (κ2) is 8.83. The molecular weight excluding hydrogens is 452 g/mol. The number of hydrogen-bond acceptors (Lipinski definition) is 7. The Hall–Kier alpha value is -3.85. The molecule has 2 amide bonds. The van der Waals surface area contributed by atoms with E-state index in [4.69, 9.17) is 9.47 Å². The minimum absolute atomic E-state index is 0.252. The molecule has 0 aliphatic carbocycles. The lowest BCUT2D eigenvalue weighted by atomic mass is 9.99. The van der Waals surface area contributed by atoms with Crippen molar-refractivity contribution in [3.63, 3.8) is 0 Å². The third-order valence-electron chi connectivity index (χ3n) is 5.65. The summed E-state index contributed by atoms with van der Waals surface area (Å²) in [6.07, 6.45) is 2.15. The average molecular weight is 475 g/mol. The Morgan fingerprint density at radius 3 is 2.56 bits per heavy atom. The number of nitrogens with one attached hydrogen (secondary N) is 1. The lowest BCUT2D eigenvalue weighted by Gasteiger charge is -2.18. The van der Waals surface area contributed by atoms with E-state index in [9.17, 15) is 9.59 Å². The van der Waals surface area contributed by atoms with Crippen LogP contribution in [-0.2, 0) is 24.9 Å². The Morgan fingerprint density at radius 2 is 1.85 bits per heavy atom. The molecule has 1 aliphatic heterocycles. The van der Waals surface area contributed by atoms with Gasteiger partial charge in [0, 0.05) is 25.4 Å². The number of pyridine rings is 1. The van der Waals surface area contributed by atoms with Crippen molar-refractivity contribution < 1.29 is 19.1 Å². The first-order valence-electron chi connectivity index (χ1n) is 10.7. The van der Waals surface area contributed by atoms with E-state index in [0.717, 1.165) is 34.2 Å². The molecule has 0 unspecified atom stereocenters. The molecule has 2 aromatic carbocycles. The number of amides is 2. The first-order valence-corrected chi connectivity index (χ1v) is 11.5. The molecule has 0 bridgehead atoms. The predicted molar refractivity (Wildman–Crippen MR) is 129 cm³/mol. The molecule has 0 spiro atoms. The van der Waals surface area contributed by atoms with Crippen molar-refractivity contribution in [2.24, 2.45) is 7.05 Å². The minimum atomic E-state index is -0.786. The number of carbonyl (C=O) groups excluding carboxylic acids is 2. The molecule has 8 nitrogen and oxygen atoms in total. The first kappa shape index (κ1) is 22.0. The number of thioether (sulfide) groups is 1. The second-order valence-electron chi connectivity index (χ2n) is 8.19. The van der Waals surface area contributed by atoms with E-state index in [0.29, 0.717) is 30.4 Å². The van der Waals surface area contributed by atoms with E-state index < -0.39 is 4.75 Å². The van der Waals surface area contributed by atoms with Crippen LogP contribution in [0.5, 0.6) is 17.4 Å².